The zero-order valence-electron chi connectivity index (χ0n) is 7.94. The minimum Gasteiger partial charge on any atom is -0.506 e. The van der Waals surface area contributed by atoms with E-state index in [-0.39, 0.29) is 5.76 Å². The van der Waals surface area contributed by atoms with Gasteiger partial charge < -0.3 is 5.11 Å². The van der Waals surface area contributed by atoms with Gasteiger partial charge in [-0.25, -0.2) is 4.98 Å². The van der Waals surface area contributed by atoms with Crippen molar-refractivity contribution in [3.8, 4) is 0 Å². The number of pyridine rings is 1. The summed E-state index contributed by atoms with van der Waals surface area (Å²) in [4.78, 5) is 4.33. The number of para-hydroxylation sites is 1. The third-order valence-corrected chi connectivity index (χ3v) is 2.13. The van der Waals surface area contributed by atoms with Crippen LogP contribution in [0, 0.1) is 0 Å². The van der Waals surface area contributed by atoms with E-state index in [2.05, 4.69) is 4.98 Å². The lowest BCUT2D eigenvalue weighted by atomic mass is 10.2. The number of benzene rings is 1. The summed E-state index contributed by atoms with van der Waals surface area (Å²) in [5.74, 6) is 0.218. The number of hydrogen-bond donors (Lipinski definition) is 1. The Morgan fingerprint density at radius 1 is 1.21 bits per heavy atom. The molecule has 0 amide bonds. The van der Waals surface area contributed by atoms with Crippen molar-refractivity contribution in [2.75, 3.05) is 0 Å². The average molecular weight is 185 g/mol. The molecular formula is C12H11NO. The second-order valence-electron chi connectivity index (χ2n) is 3.06. The van der Waals surface area contributed by atoms with Crippen molar-refractivity contribution in [1.29, 1.82) is 0 Å². The fourth-order valence-electron chi connectivity index (χ4n) is 1.36. The number of fused-ring (bicyclic) bond motifs is 1. The highest BCUT2D eigenvalue weighted by Crippen LogP contribution is 2.15. The van der Waals surface area contributed by atoms with E-state index in [1.165, 1.54) is 0 Å². The van der Waals surface area contributed by atoms with E-state index in [1.54, 1.807) is 13.0 Å². The highest BCUT2D eigenvalue weighted by molar-refractivity contribution is 5.80. The molecule has 1 aromatic heterocycles. The fourth-order valence-corrected chi connectivity index (χ4v) is 1.36. The van der Waals surface area contributed by atoms with Crippen LogP contribution in [0.1, 0.15) is 12.6 Å². The van der Waals surface area contributed by atoms with Gasteiger partial charge in [-0.05, 0) is 25.1 Å². The van der Waals surface area contributed by atoms with Crippen molar-refractivity contribution in [3.05, 3.63) is 48.2 Å². The summed E-state index contributed by atoms with van der Waals surface area (Å²) in [7, 11) is 0. The molecule has 2 heteroatoms. The van der Waals surface area contributed by atoms with Gasteiger partial charge in [0.15, 0.2) is 0 Å². The molecular weight excluding hydrogens is 174 g/mol. The van der Waals surface area contributed by atoms with Crippen LogP contribution in [0.15, 0.2) is 42.5 Å². The minimum atomic E-state index is 0.218. The van der Waals surface area contributed by atoms with Gasteiger partial charge in [0, 0.05) is 5.39 Å². The van der Waals surface area contributed by atoms with Gasteiger partial charge in [-0.2, -0.15) is 0 Å². The Morgan fingerprint density at radius 3 is 2.79 bits per heavy atom. The first-order chi connectivity index (χ1) is 6.81. The molecule has 0 aliphatic carbocycles. The van der Waals surface area contributed by atoms with E-state index in [9.17, 15) is 5.11 Å². The molecule has 1 aromatic carbocycles. The molecule has 1 N–H and O–H groups in total. The van der Waals surface area contributed by atoms with E-state index in [0.29, 0.717) is 5.69 Å². The number of aliphatic hydroxyl groups is 1. The van der Waals surface area contributed by atoms with Crippen molar-refractivity contribution >= 4 is 16.7 Å². The smallest absolute Gasteiger partial charge is 0.136 e. The first-order valence-electron chi connectivity index (χ1n) is 4.52. The number of aliphatic hydroxyl groups excluding tert-OH is 1. The first-order valence-corrected chi connectivity index (χ1v) is 4.52. The Balaban J connectivity index is 2.62. The maximum absolute atomic E-state index is 9.49. The quantitative estimate of drug-likeness (QED) is 0.692. The second-order valence-corrected chi connectivity index (χ2v) is 3.06. The molecule has 0 saturated heterocycles. The Morgan fingerprint density at radius 2 is 2.00 bits per heavy atom. The van der Waals surface area contributed by atoms with E-state index < -0.39 is 0 Å². The number of aromatic nitrogens is 1. The molecule has 2 nitrogen and oxygen atoms in total. The lowest BCUT2D eigenvalue weighted by molar-refractivity contribution is 0.508. The monoisotopic (exact) mass is 185 g/mol. The van der Waals surface area contributed by atoms with Crippen molar-refractivity contribution in [2.45, 2.75) is 6.92 Å². The standard InChI is InChI=1S/C12H11NO/c1-2-12(14)11-8-7-9-5-3-4-6-10(9)13-11/h2-8,14H,1H3. The molecule has 0 atom stereocenters. The van der Waals surface area contributed by atoms with Crippen LogP contribution in [-0.4, -0.2) is 10.1 Å². The highest BCUT2D eigenvalue weighted by Gasteiger charge is 2.00. The number of allylic oxidation sites excluding steroid dienone is 1. The van der Waals surface area contributed by atoms with E-state index in [0.717, 1.165) is 10.9 Å². The topological polar surface area (TPSA) is 33.1 Å². The van der Waals surface area contributed by atoms with Crippen molar-refractivity contribution in [1.82, 2.24) is 4.98 Å². The SMILES string of the molecule is CC=C(O)c1ccc2ccccc2n1. The second kappa shape index (κ2) is 3.50. The van der Waals surface area contributed by atoms with Crippen molar-refractivity contribution in [3.63, 3.8) is 0 Å². The molecule has 0 bridgehead atoms. The molecule has 0 unspecified atom stereocenters. The minimum absolute atomic E-state index is 0.218. The Labute approximate surface area is 82.5 Å². The summed E-state index contributed by atoms with van der Waals surface area (Å²) in [6.45, 7) is 1.78. The third-order valence-electron chi connectivity index (χ3n) is 2.13. The fraction of sp³-hybridized carbons (Fsp3) is 0.0833. The predicted octanol–water partition coefficient (Wildman–Crippen LogP) is 3.15. The normalized spacial score (nSPS) is 11.9. The van der Waals surface area contributed by atoms with Gasteiger partial charge in [0.05, 0.1) is 5.52 Å². The zero-order valence-corrected chi connectivity index (χ0v) is 7.94. The predicted molar refractivity (Wildman–Crippen MR) is 58.0 cm³/mol. The molecule has 0 saturated carbocycles. The van der Waals surface area contributed by atoms with Crippen LogP contribution in [0.4, 0.5) is 0 Å². The van der Waals surface area contributed by atoms with E-state index >= 15 is 0 Å². The molecule has 2 rings (SSSR count). The maximum atomic E-state index is 9.49. The molecule has 1 heterocycles. The lowest BCUT2D eigenvalue weighted by Gasteiger charge is -2.00. The lowest BCUT2D eigenvalue weighted by Crippen LogP contribution is -1.88. The van der Waals surface area contributed by atoms with Gasteiger partial charge in [-0.3, -0.25) is 0 Å². The van der Waals surface area contributed by atoms with Crippen LogP contribution >= 0.6 is 0 Å². The maximum Gasteiger partial charge on any atom is 0.136 e. The Bertz CT molecular complexity index is 488. The van der Waals surface area contributed by atoms with Gasteiger partial charge in [0.25, 0.3) is 0 Å². The Kier molecular flexibility index (Phi) is 2.19. The molecule has 0 radical (unpaired) electrons. The largest absolute Gasteiger partial charge is 0.506 e. The average Bonchev–Trinajstić information content (AvgIpc) is 2.27. The summed E-state index contributed by atoms with van der Waals surface area (Å²) in [5.41, 5.74) is 1.52. The molecule has 0 aliphatic heterocycles. The van der Waals surface area contributed by atoms with Crippen molar-refractivity contribution < 1.29 is 5.11 Å². The summed E-state index contributed by atoms with van der Waals surface area (Å²) in [6, 6.07) is 11.6. The molecule has 2 aromatic rings. The van der Waals surface area contributed by atoms with Gasteiger partial charge in [0.2, 0.25) is 0 Å². The van der Waals surface area contributed by atoms with Gasteiger partial charge in [-0.1, -0.05) is 24.3 Å². The summed E-state index contributed by atoms with van der Waals surface area (Å²) >= 11 is 0. The molecule has 70 valence electrons. The van der Waals surface area contributed by atoms with Crippen LogP contribution in [0.3, 0.4) is 0 Å². The van der Waals surface area contributed by atoms with Crippen LogP contribution in [0.2, 0.25) is 0 Å². The van der Waals surface area contributed by atoms with Crippen LogP contribution in [0.25, 0.3) is 16.7 Å². The number of nitrogens with zero attached hydrogens (tertiary/aromatic N) is 1. The third kappa shape index (κ3) is 1.46. The van der Waals surface area contributed by atoms with E-state index in [1.807, 2.05) is 36.4 Å². The van der Waals surface area contributed by atoms with Crippen LogP contribution in [-0.2, 0) is 0 Å². The molecule has 14 heavy (non-hydrogen) atoms. The Hall–Kier alpha value is -1.83. The highest BCUT2D eigenvalue weighted by atomic mass is 16.3. The summed E-state index contributed by atoms with van der Waals surface area (Å²) in [6.07, 6.45) is 1.64. The van der Waals surface area contributed by atoms with E-state index in [4.69, 9.17) is 0 Å². The van der Waals surface area contributed by atoms with Crippen molar-refractivity contribution in [2.24, 2.45) is 0 Å². The summed E-state index contributed by atoms with van der Waals surface area (Å²) in [5, 5.41) is 10.6. The van der Waals surface area contributed by atoms with Crippen LogP contribution < -0.4 is 0 Å². The van der Waals surface area contributed by atoms with Gasteiger partial charge in [-0.15, -0.1) is 0 Å². The number of hydrogen-bond acceptors (Lipinski definition) is 2. The summed E-state index contributed by atoms with van der Waals surface area (Å²) < 4.78 is 0. The first kappa shape index (κ1) is 8.75. The number of rotatable bonds is 1. The zero-order chi connectivity index (χ0) is 9.97. The molecule has 0 aliphatic rings. The van der Waals surface area contributed by atoms with Gasteiger partial charge in [0.1, 0.15) is 11.5 Å². The molecule has 0 fully saturated rings. The van der Waals surface area contributed by atoms with Crippen LogP contribution in [0.5, 0.6) is 0 Å². The molecule has 0 spiro atoms. The van der Waals surface area contributed by atoms with Gasteiger partial charge >= 0.3 is 0 Å².